The van der Waals surface area contributed by atoms with E-state index >= 15 is 0 Å². The van der Waals surface area contributed by atoms with Gasteiger partial charge in [-0.05, 0) is 18.4 Å². The van der Waals surface area contributed by atoms with Crippen molar-refractivity contribution in [3.63, 3.8) is 0 Å². The highest BCUT2D eigenvalue weighted by Crippen LogP contribution is 2.40. The zero-order chi connectivity index (χ0) is 14.3. The first kappa shape index (κ1) is 12.8. The molecule has 1 fully saturated rings. The Labute approximate surface area is 113 Å². The van der Waals surface area contributed by atoms with Crippen molar-refractivity contribution in [2.45, 2.75) is 18.9 Å². The molecule has 2 unspecified atom stereocenters. The smallest absolute Gasteiger partial charge is 0.280 e. The molecule has 7 nitrogen and oxygen atoms in total. The largest absolute Gasteiger partial charge is 0.396 e. The summed E-state index contributed by atoms with van der Waals surface area (Å²) in [5.41, 5.74) is 6.11. The van der Waals surface area contributed by atoms with Crippen LogP contribution in [0.3, 0.4) is 0 Å². The van der Waals surface area contributed by atoms with Gasteiger partial charge in [-0.3, -0.25) is 9.78 Å². The summed E-state index contributed by atoms with van der Waals surface area (Å²) < 4.78 is 14.8. The second-order valence-corrected chi connectivity index (χ2v) is 4.86. The third kappa shape index (κ3) is 1.80. The van der Waals surface area contributed by atoms with Crippen molar-refractivity contribution < 1.29 is 9.50 Å². The maximum absolute atomic E-state index is 13.1. The number of rotatable bonds is 2. The van der Waals surface area contributed by atoms with E-state index in [1.54, 1.807) is 4.57 Å². The normalized spacial score (nSPS) is 24.8. The van der Waals surface area contributed by atoms with Crippen LogP contribution in [0.1, 0.15) is 18.9 Å². The monoisotopic (exact) mass is 279 g/mol. The fourth-order valence-corrected chi connectivity index (χ4v) is 2.79. The minimum Gasteiger partial charge on any atom is -0.396 e. The summed E-state index contributed by atoms with van der Waals surface area (Å²) in [5.74, 6) is -0.214. The van der Waals surface area contributed by atoms with Crippen LogP contribution in [0.2, 0.25) is 0 Å². The molecule has 0 bridgehead atoms. The zero-order valence-electron chi connectivity index (χ0n) is 10.6. The van der Waals surface area contributed by atoms with Crippen molar-refractivity contribution in [3.8, 4) is 0 Å². The lowest BCUT2D eigenvalue weighted by atomic mass is 10.0. The molecule has 2 aromatic heterocycles. The Kier molecular flexibility index (Phi) is 3.01. The Morgan fingerprint density at radius 2 is 2.40 bits per heavy atom. The van der Waals surface area contributed by atoms with Crippen LogP contribution in [0.4, 0.5) is 10.3 Å². The number of nitrogens with one attached hydrogen (secondary N) is 1. The standard InChI is InChI=1S/C12H14FN5O2/c13-3-7-6(4-19)1-2-8(7)18-5-15-9-10(18)16-12(14)17-11(9)20/h3,5-6,8,19H,1-2,4H2,(H3,14,16,17,20)/b7-3+. The highest BCUT2D eigenvalue weighted by Gasteiger charge is 2.32. The predicted octanol–water partition coefficient (Wildman–Crippen LogP) is 0.499. The Hall–Kier alpha value is -2.22. The average Bonchev–Trinajstić information content (AvgIpc) is 3.00. The van der Waals surface area contributed by atoms with Gasteiger partial charge in [0, 0.05) is 12.5 Å². The molecule has 1 aliphatic carbocycles. The van der Waals surface area contributed by atoms with Gasteiger partial charge in [-0.25, -0.2) is 9.37 Å². The number of nitrogens with zero attached hydrogens (tertiary/aromatic N) is 3. The first-order valence-electron chi connectivity index (χ1n) is 6.29. The molecule has 2 heterocycles. The molecule has 2 aromatic rings. The Morgan fingerprint density at radius 3 is 3.10 bits per heavy atom. The van der Waals surface area contributed by atoms with E-state index in [0.717, 1.165) is 0 Å². The number of aromatic nitrogens is 4. The van der Waals surface area contributed by atoms with Crippen LogP contribution in [-0.2, 0) is 0 Å². The first-order valence-corrected chi connectivity index (χ1v) is 6.29. The third-order valence-electron chi connectivity index (χ3n) is 3.78. The van der Waals surface area contributed by atoms with E-state index in [1.165, 1.54) is 6.33 Å². The summed E-state index contributed by atoms with van der Waals surface area (Å²) in [6.45, 7) is -0.102. The minimum absolute atomic E-state index is 0.00765. The van der Waals surface area contributed by atoms with Crippen LogP contribution in [0, 0.1) is 5.92 Å². The molecule has 0 radical (unpaired) electrons. The summed E-state index contributed by atoms with van der Waals surface area (Å²) in [6.07, 6.45) is 3.32. The van der Waals surface area contributed by atoms with Crippen molar-refractivity contribution >= 4 is 17.1 Å². The van der Waals surface area contributed by atoms with E-state index in [4.69, 9.17) is 5.73 Å². The van der Waals surface area contributed by atoms with Gasteiger partial charge in [-0.1, -0.05) is 0 Å². The van der Waals surface area contributed by atoms with Gasteiger partial charge in [0.2, 0.25) is 5.95 Å². The number of aliphatic hydroxyl groups is 1. The van der Waals surface area contributed by atoms with Gasteiger partial charge in [-0.2, -0.15) is 4.98 Å². The molecule has 0 spiro atoms. The quantitative estimate of drug-likeness (QED) is 0.741. The fraction of sp³-hybridized carbons (Fsp3) is 0.417. The highest BCUT2D eigenvalue weighted by atomic mass is 19.1. The number of H-pyrrole nitrogens is 1. The number of hydrogen-bond donors (Lipinski definition) is 3. The molecule has 106 valence electrons. The van der Waals surface area contributed by atoms with Gasteiger partial charge in [0.25, 0.3) is 5.56 Å². The van der Waals surface area contributed by atoms with E-state index in [2.05, 4.69) is 15.0 Å². The molecule has 0 saturated heterocycles. The maximum atomic E-state index is 13.1. The van der Waals surface area contributed by atoms with Crippen LogP contribution in [0.25, 0.3) is 11.2 Å². The number of aromatic amines is 1. The van der Waals surface area contributed by atoms with E-state index < -0.39 is 5.56 Å². The molecule has 1 aliphatic rings. The molecule has 2 atom stereocenters. The van der Waals surface area contributed by atoms with E-state index in [1.807, 2.05) is 0 Å². The van der Waals surface area contributed by atoms with E-state index in [-0.39, 0.29) is 30.0 Å². The lowest BCUT2D eigenvalue weighted by Gasteiger charge is -2.15. The van der Waals surface area contributed by atoms with Crippen LogP contribution in [0.15, 0.2) is 23.0 Å². The predicted molar refractivity (Wildman–Crippen MR) is 70.6 cm³/mol. The summed E-state index contributed by atoms with van der Waals surface area (Å²) in [5, 5.41) is 9.26. The maximum Gasteiger partial charge on any atom is 0.280 e. The van der Waals surface area contributed by atoms with Crippen LogP contribution in [0.5, 0.6) is 0 Å². The second-order valence-electron chi connectivity index (χ2n) is 4.86. The van der Waals surface area contributed by atoms with E-state index in [0.29, 0.717) is 30.4 Å². The van der Waals surface area contributed by atoms with Crippen molar-refractivity contribution in [1.82, 2.24) is 19.5 Å². The Bertz CT molecular complexity index is 735. The third-order valence-corrected chi connectivity index (χ3v) is 3.78. The lowest BCUT2D eigenvalue weighted by molar-refractivity contribution is 0.248. The number of fused-ring (bicyclic) bond motifs is 1. The van der Waals surface area contributed by atoms with E-state index in [9.17, 15) is 14.3 Å². The van der Waals surface area contributed by atoms with Gasteiger partial charge < -0.3 is 15.4 Å². The van der Waals surface area contributed by atoms with Crippen molar-refractivity contribution in [2.24, 2.45) is 5.92 Å². The molecule has 20 heavy (non-hydrogen) atoms. The van der Waals surface area contributed by atoms with Crippen molar-refractivity contribution in [3.05, 3.63) is 28.6 Å². The van der Waals surface area contributed by atoms with Gasteiger partial charge in [0.05, 0.1) is 18.7 Å². The summed E-state index contributed by atoms with van der Waals surface area (Å²) in [6, 6.07) is -0.296. The molecule has 3 rings (SSSR count). The SMILES string of the molecule is Nc1nc2c(ncn2C2CCC(CO)/C2=C\F)c(=O)[nH]1. The Balaban J connectivity index is 2.14. The number of aliphatic hydroxyl groups excluding tert-OH is 1. The fourth-order valence-electron chi connectivity index (χ4n) is 2.79. The topological polar surface area (TPSA) is 110 Å². The molecular formula is C12H14FN5O2. The zero-order valence-corrected chi connectivity index (χ0v) is 10.6. The molecular weight excluding hydrogens is 265 g/mol. The number of imidazole rings is 1. The molecule has 0 aromatic carbocycles. The summed E-state index contributed by atoms with van der Waals surface area (Å²) >= 11 is 0. The molecule has 0 aliphatic heterocycles. The van der Waals surface area contributed by atoms with Gasteiger partial charge in [0.15, 0.2) is 11.2 Å². The summed E-state index contributed by atoms with van der Waals surface area (Å²) in [7, 11) is 0. The molecule has 4 N–H and O–H groups in total. The van der Waals surface area contributed by atoms with Crippen LogP contribution < -0.4 is 11.3 Å². The minimum atomic E-state index is -0.422. The van der Waals surface area contributed by atoms with Crippen LogP contribution >= 0.6 is 0 Å². The number of halogens is 1. The first-order chi connectivity index (χ1) is 9.65. The number of hydrogen-bond acceptors (Lipinski definition) is 5. The van der Waals surface area contributed by atoms with Gasteiger partial charge >= 0.3 is 0 Å². The van der Waals surface area contributed by atoms with Crippen LogP contribution in [-0.4, -0.2) is 31.2 Å². The Morgan fingerprint density at radius 1 is 1.60 bits per heavy atom. The molecule has 1 saturated carbocycles. The average molecular weight is 279 g/mol. The highest BCUT2D eigenvalue weighted by molar-refractivity contribution is 5.70. The number of nitrogen functional groups attached to an aromatic ring is 1. The second kappa shape index (κ2) is 4.71. The summed E-state index contributed by atoms with van der Waals surface area (Å²) in [4.78, 5) is 22.2. The lowest BCUT2D eigenvalue weighted by Crippen LogP contribution is -2.14. The molecule has 0 amide bonds. The van der Waals surface area contributed by atoms with Crippen molar-refractivity contribution in [1.29, 1.82) is 0 Å². The van der Waals surface area contributed by atoms with Gasteiger partial charge in [0.1, 0.15) is 0 Å². The number of anilines is 1. The number of nitrogens with two attached hydrogens (primary N) is 1. The van der Waals surface area contributed by atoms with Gasteiger partial charge in [-0.15, -0.1) is 0 Å². The van der Waals surface area contributed by atoms with Crippen molar-refractivity contribution in [2.75, 3.05) is 12.3 Å². The molecule has 8 heteroatoms.